The van der Waals surface area contributed by atoms with Gasteiger partial charge in [0.15, 0.2) is 0 Å². The first-order chi connectivity index (χ1) is 8.54. The van der Waals surface area contributed by atoms with Crippen LogP contribution in [-0.4, -0.2) is 7.11 Å². The average Bonchev–Trinajstić information content (AvgIpc) is 2.37. The van der Waals surface area contributed by atoms with Crippen LogP contribution in [0.2, 0.25) is 15.1 Å². The zero-order valence-electron chi connectivity index (χ0n) is 9.31. The van der Waals surface area contributed by atoms with Gasteiger partial charge in [-0.1, -0.05) is 40.9 Å². The van der Waals surface area contributed by atoms with Crippen molar-refractivity contribution in [3.05, 3.63) is 51.2 Å². The summed E-state index contributed by atoms with van der Waals surface area (Å²) in [5.41, 5.74) is 1.30. The SMILES string of the molecule is COc1cc(F)ccc1-c1ccc(Cl)c(Cl)c1Cl. The summed E-state index contributed by atoms with van der Waals surface area (Å²) in [5, 5.41) is 0.947. The summed E-state index contributed by atoms with van der Waals surface area (Å²) in [5.74, 6) is 0.00192. The summed E-state index contributed by atoms with van der Waals surface area (Å²) in [6.45, 7) is 0. The van der Waals surface area contributed by atoms with Gasteiger partial charge in [-0.2, -0.15) is 0 Å². The molecule has 0 aliphatic rings. The molecule has 0 atom stereocenters. The van der Waals surface area contributed by atoms with Crippen LogP contribution in [0.1, 0.15) is 0 Å². The van der Waals surface area contributed by atoms with Gasteiger partial charge in [0.2, 0.25) is 0 Å². The van der Waals surface area contributed by atoms with Gasteiger partial charge in [-0.05, 0) is 18.2 Å². The summed E-state index contributed by atoms with van der Waals surface area (Å²) < 4.78 is 18.3. The summed E-state index contributed by atoms with van der Waals surface area (Å²) in [6.07, 6.45) is 0. The van der Waals surface area contributed by atoms with Gasteiger partial charge in [-0.3, -0.25) is 0 Å². The average molecular weight is 306 g/mol. The number of halogens is 4. The van der Waals surface area contributed by atoms with Gasteiger partial charge in [0.25, 0.3) is 0 Å². The van der Waals surface area contributed by atoms with Crippen LogP contribution in [0.4, 0.5) is 4.39 Å². The highest BCUT2D eigenvalue weighted by atomic mass is 35.5. The molecular formula is C13H8Cl3FO. The first kappa shape index (κ1) is 13.5. The first-order valence-electron chi connectivity index (χ1n) is 5.02. The molecule has 2 aromatic carbocycles. The van der Waals surface area contributed by atoms with E-state index in [0.717, 1.165) is 0 Å². The Kier molecular flexibility index (Phi) is 4.00. The van der Waals surface area contributed by atoms with E-state index in [1.165, 1.54) is 19.2 Å². The normalized spacial score (nSPS) is 10.5. The highest BCUT2D eigenvalue weighted by molar-refractivity contribution is 6.49. The lowest BCUT2D eigenvalue weighted by Crippen LogP contribution is -1.90. The van der Waals surface area contributed by atoms with E-state index >= 15 is 0 Å². The van der Waals surface area contributed by atoms with Crippen molar-refractivity contribution in [2.45, 2.75) is 0 Å². The fourth-order valence-corrected chi connectivity index (χ4v) is 2.26. The first-order valence-corrected chi connectivity index (χ1v) is 6.15. The molecule has 18 heavy (non-hydrogen) atoms. The Morgan fingerprint density at radius 2 is 1.61 bits per heavy atom. The van der Waals surface area contributed by atoms with Gasteiger partial charge in [0.1, 0.15) is 11.6 Å². The Morgan fingerprint density at radius 1 is 0.944 bits per heavy atom. The summed E-state index contributed by atoms with van der Waals surface area (Å²) >= 11 is 18.0. The third-order valence-corrected chi connectivity index (χ3v) is 3.78. The molecule has 0 heterocycles. The molecule has 1 nitrogen and oxygen atoms in total. The summed E-state index contributed by atoms with van der Waals surface area (Å²) in [6, 6.07) is 7.55. The molecule has 0 spiro atoms. The third-order valence-electron chi connectivity index (χ3n) is 2.49. The van der Waals surface area contributed by atoms with Gasteiger partial charge < -0.3 is 4.74 Å². The maximum absolute atomic E-state index is 13.1. The van der Waals surface area contributed by atoms with Crippen molar-refractivity contribution in [2.75, 3.05) is 7.11 Å². The molecule has 0 aliphatic heterocycles. The van der Waals surface area contributed by atoms with Crippen molar-refractivity contribution in [1.29, 1.82) is 0 Å². The molecule has 94 valence electrons. The minimum atomic E-state index is -0.383. The van der Waals surface area contributed by atoms with E-state index in [1.54, 1.807) is 18.2 Å². The fourth-order valence-electron chi connectivity index (χ4n) is 1.62. The van der Waals surface area contributed by atoms with E-state index in [1.807, 2.05) is 0 Å². The van der Waals surface area contributed by atoms with Crippen LogP contribution in [0.5, 0.6) is 5.75 Å². The standard InChI is InChI=1S/C13H8Cl3FO/c1-18-11-6-7(17)2-3-8(11)9-4-5-10(14)13(16)12(9)15/h2-6H,1H3. The van der Waals surface area contributed by atoms with Crippen LogP contribution in [0.25, 0.3) is 11.1 Å². The molecule has 0 saturated heterocycles. The smallest absolute Gasteiger partial charge is 0.129 e. The van der Waals surface area contributed by atoms with Crippen LogP contribution < -0.4 is 4.74 Å². The highest BCUT2D eigenvalue weighted by Gasteiger charge is 2.14. The minimum Gasteiger partial charge on any atom is -0.496 e. The number of hydrogen-bond donors (Lipinski definition) is 0. The fraction of sp³-hybridized carbons (Fsp3) is 0.0769. The van der Waals surface area contributed by atoms with E-state index in [4.69, 9.17) is 39.5 Å². The number of methoxy groups -OCH3 is 1. The minimum absolute atomic E-state index is 0.266. The Labute approximate surface area is 119 Å². The molecule has 0 saturated carbocycles. The Hall–Kier alpha value is -0.960. The van der Waals surface area contributed by atoms with Crippen molar-refractivity contribution >= 4 is 34.8 Å². The van der Waals surface area contributed by atoms with Crippen LogP contribution in [0.3, 0.4) is 0 Å². The second-order valence-electron chi connectivity index (χ2n) is 3.57. The van der Waals surface area contributed by atoms with Gasteiger partial charge in [-0.25, -0.2) is 4.39 Å². The van der Waals surface area contributed by atoms with Crippen molar-refractivity contribution in [3.63, 3.8) is 0 Å². The predicted molar refractivity (Wildman–Crippen MR) is 73.4 cm³/mol. The van der Waals surface area contributed by atoms with E-state index in [-0.39, 0.29) is 10.8 Å². The molecular weight excluding hydrogens is 297 g/mol. The van der Waals surface area contributed by atoms with E-state index < -0.39 is 0 Å². The van der Waals surface area contributed by atoms with E-state index in [9.17, 15) is 4.39 Å². The van der Waals surface area contributed by atoms with Crippen molar-refractivity contribution in [3.8, 4) is 16.9 Å². The monoisotopic (exact) mass is 304 g/mol. The molecule has 0 aliphatic carbocycles. The number of ether oxygens (including phenoxy) is 1. The van der Waals surface area contributed by atoms with Crippen LogP contribution in [0, 0.1) is 5.82 Å². The topological polar surface area (TPSA) is 9.23 Å². The van der Waals surface area contributed by atoms with Crippen molar-refractivity contribution in [1.82, 2.24) is 0 Å². The summed E-state index contributed by atoms with van der Waals surface area (Å²) in [7, 11) is 1.46. The van der Waals surface area contributed by atoms with Gasteiger partial charge in [-0.15, -0.1) is 0 Å². The number of benzene rings is 2. The van der Waals surface area contributed by atoms with E-state index in [2.05, 4.69) is 0 Å². The van der Waals surface area contributed by atoms with Gasteiger partial charge in [0.05, 0.1) is 22.2 Å². The van der Waals surface area contributed by atoms with Crippen LogP contribution in [0.15, 0.2) is 30.3 Å². The molecule has 0 unspecified atom stereocenters. The third kappa shape index (κ3) is 2.41. The molecule has 0 aromatic heterocycles. The molecule has 5 heteroatoms. The Balaban J connectivity index is 2.66. The van der Waals surface area contributed by atoms with Crippen LogP contribution >= 0.6 is 34.8 Å². The Bertz CT molecular complexity index is 599. The lowest BCUT2D eigenvalue weighted by molar-refractivity contribution is 0.413. The largest absolute Gasteiger partial charge is 0.496 e. The lowest BCUT2D eigenvalue weighted by atomic mass is 10.0. The second-order valence-corrected chi connectivity index (χ2v) is 4.73. The van der Waals surface area contributed by atoms with Crippen LogP contribution in [-0.2, 0) is 0 Å². The predicted octanol–water partition coefficient (Wildman–Crippen LogP) is 5.46. The molecule has 0 N–H and O–H groups in total. The molecule has 2 rings (SSSR count). The van der Waals surface area contributed by atoms with E-state index in [0.29, 0.717) is 26.9 Å². The van der Waals surface area contributed by atoms with Crippen molar-refractivity contribution in [2.24, 2.45) is 0 Å². The quantitative estimate of drug-likeness (QED) is 0.669. The maximum atomic E-state index is 13.1. The lowest BCUT2D eigenvalue weighted by Gasteiger charge is -2.11. The van der Waals surface area contributed by atoms with Gasteiger partial charge >= 0.3 is 0 Å². The van der Waals surface area contributed by atoms with Gasteiger partial charge in [0, 0.05) is 17.2 Å². The second kappa shape index (κ2) is 5.35. The highest BCUT2D eigenvalue weighted by Crippen LogP contribution is 2.41. The number of rotatable bonds is 2. The Morgan fingerprint density at radius 3 is 2.28 bits per heavy atom. The molecule has 0 bridgehead atoms. The molecule has 0 fully saturated rings. The number of hydrogen-bond acceptors (Lipinski definition) is 1. The van der Waals surface area contributed by atoms with Crippen molar-refractivity contribution < 1.29 is 9.13 Å². The molecule has 0 radical (unpaired) electrons. The zero-order chi connectivity index (χ0) is 13.3. The molecule has 0 amide bonds. The maximum Gasteiger partial charge on any atom is 0.129 e. The molecule has 2 aromatic rings. The zero-order valence-corrected chi connectivity index (χ0v) is 11.6. The summed E-state index contributed by atoms with van der Waals surface area (Å²) in [4.78, 5) is 0.